The lowest BCUT2D eigenvalue weighted by Crippen LogP contribution is -2.45. The molecule has 0 bridgehead atoms. The predicted molar refractivity (Wildman–Crippen MR) is 108 cm³/mol. The minimum atomic E-state index is -3.90. The van der Waals surface area contributed by atoms with Crippen LogP contribution in [-0.4, -0.2) is 68.7 Å². The number of hydrogen-bond donors (Lipinski definition) is 1. The van der Waals surface area contributed by atoms with E-state index >= 15 is 0 Å². The second kappa shape index (κ2) is 9.21. The number of likely N-dealkylation sites (tertiary alicyclic amines) is 1. The number of carbonyl (C=O) groups is 1. The van der Waals surface area contributed by atoms with Crippen LogP contribution in [0.5, 0.6) is 11.5 Å². The average molecular weight is 427 g/mol. The second-order valence-electron chi connectivity index (χ2n) is 7.77. The second-order valence-corrected chi connectivity index (χ2v) is 9.63. The Kier molecular flexibility index (Phi) is 6.89. The molecule has 1 saturated heterocycles. The van der Waals surface area contributed by atoms with Gasteiger partial charge in [-0.3, -0.25) is 0 Å². The highest BCUT2D eigenvalue weighted by atomic mass is 32.2. The van der Waals surface area contributed by atoms with Crippen LogP contribution < -0.4 is 9.47 Å². The van der Waals surface area contributed by atoms with E-state index in [0.717, 1.165) is 25.7 Å². The first-order chi connectivity index (χ1) is 13.9. The summed E-state index contributed by atoms with van der Waals surface area (Å²) in [6.07, 6.45) is 4.86. The molecule has 162 valence electrons. The number of hydrogen-bond acceptors (Lipinski definition) is 5. The number of nitrogens with zero attached hydrogens (tertiary/aromatic N) is 2. The summed E-state index contributed by atoms with van der Waals surface area (Å²) in [5.74, 6) is 0.974. The first kappa shape index (κ1) is 21.7. The SMILES string of the molecule is COc1ccc(OC)c(S(=O)(=O)N(CC2CCCCC2)[C@@H]2CCN(C(=O)O)C2)c1. The van der Waals surface area contributed by atoms with Gasteiger partial charge in [-0.05, 0) is 37.3 Å². The Bertz CT molecular complexity index is 822. The van der Waals surface area contributed by atoms with Gasteiger partial charge in [-0.25, -0.2) is 13.2 Å². The third kappa shape index (κ3) is 4.78. The molecule has 1 aliphatic heterocycles. The Morgan fingerprint density at radius 3 is 2.48 bits per heavy atom. The molecule has 9 heteroatoms. The van der Waals surface area contributed by atoms with E-state index in [4.69, 9.17) is 9.47 Å². The van der Waals surface area contributed by atoms with Gasteiger partial charge in [0.05, 0.1) is 14.2 Å². The summed E-state index contributed by atoms with van der Waals surface area (Å²) in [5, 5.41) is 9.33. The molecule has 0 radical (unpaired) electrons. The van der Waals surface area contributed by atoms with Crippen molar-refractivity contribution in [1.29, 1.82) is 0 Å². The molecular formula is C20H30N2O6S. The molecule has 8 nitrogen and oxygen atoms in total. The molecule has 1 N–H and O–H groups in total. The number of ether oxygens (including phenoxy) is 2. The molecule has 1 heterocycles. The number of benzene rings is 1. The Hall–Kier alpha value is -2.00. The van der Waals surface area contributed by atoms with Crippen molar-refractivity contribution in [3.05, 3.63) is 18.2 Å². The maximum absolute atomic E-state index is 13.7. The zero-order valence-corrected chi connectivity index (χ0v) is 17.9. The highest BCUT2D eigenvalue weighted by molar-refractivity contribution is 7.89. The molecule has 3 rings (SSSR count). The molecule has 0 unspecified atom stereocenters. The largest absolute Gasteiger partial charge is 0.497 e. The van der Waals surface area contributed by atoms with Crippen LogP contribution in [0.4, 0.5) is 4.79 Å². The number of methoxy groups -OCH3 is 2. The molecule has 0 aromatic heterocycles. The Morgan fingerprint density at radius 1 is 1.17 bits per heavy atom. The molecule has 29 heavy (non-hydrogen) atoms. The molecule has 1 aliphatic carbocycles. The summed E-state index contributed by atoms with van der Waals surface area (Å²) >= 11 is 0. The van der Waals surface area contributed by atoms with Gasteiger partial charge < -0.3 is 19.5 Å². The smallest absolute Gasteiger partial charge is 0.407 e. The lowest BCUT2D eigenvalue weighted by Gasteiger charge is -2.33. The van der Waals surface area contributed by atoms with Gasteiger partial charge in [-0.15, -0.1) is 0 Å². The normalized spacial score (nSPS) is 20.8. The molecule has 1 aromatic carbocycles. The molecule has 2 fully saturated rings. The number of carboxylic acid groups (broad SMARTS) is 1. The lowest BCUT2D eigenvalue weighted by molar-refractivity contribution is 0.151. The topological polar surface area (TPSA) is 96.4 Å². The van der Waals surface area contributed by atoms with Crippen molar-refractivity contribution in [2.24, 2.45) is 5.92 Å². The summed E-state index contributed by atoms with van der Waals surface area (Å²) < 4.78 is 39.6. The van der Waals surface area contributed by atoms with Crippen LogP contribution in [0.1, 0.15) is 38.5 Å². The fourth-order valence-corrected chi connectivity index (χ4v) is 6.23. The summed E-state index contributed by atoms with van der Waals surface area (Å²) in [7, 11) is -0.975. The Labute approximate surface area is 172 Å². The number of sulfonamides is 1. The van der Waals surface area contributed by atoms with Crippen LogP contribution in [0.3, 0.4) is 0 Å². The van der Waals surface area contributed by atoms with E-state index < -0.39 is 16.1 Å². The molecule has 2 aliphatic rings. The zero-order valence-electron chi connectivity index (χ0n) is 17.0. The quantitative estimate of drug-likeness (QED) is 0.720. The van der Waals surface area contributed by atoms with E-state index in [9.17, 15) is 18.3 Å². The van der Waals surface area contributed by atoms with Crippen molar-refractivity contribution in [2.45, 2.75) is 49.5 Å². The summed E-state index contributed by atoms with van der Waals surface area (Å²) in [4.78, 5) is 12.7. The Balaban J connectivity index is 1.96. The van der Waals surface area contributed by atoms with Gasteiger partial charge in [-0.1, -0.05) is 19.3 Å². The van der Waals surface area contributed by atoms with E-state index in [1.807, 2.05) is 0 Å². The lowest BCUT2D eigenvalue weighted by atomic mass is 9.89. The fraction of sp³-hybridized carbons (Fsp3) is 0.650. The van der Waals surface area contributed by atoms with Gasteiger partial charge in [0.1, 0.15) is 16.4 Å². The van der Waals surface area contributed by atoms with Gasteiger partial charge >= 0.3 is 6.09 Å². The molecule has 1 amide bonds. The van der Waals surface area contributed by atoms with E-state index in [0.29, 0.717) is 25.3 Å². The van der Waals surface area contributed by atoms with Crippen molar-refractivity contribution in [3.63, 3.8) is 0 Å². The number of rotatable bonds is 7. The van der Waals surface area contributed by atoms with Crippen LogP contribution in [0.25, 0.3) is 0 Å². The zero-order chi connectivity index (χ0) is 21.0. The van der Waals surface area contributed by atoms with Crippen LogP contribution in [0.2, 0.25) is 0 Å². The molecule has 1 aromatic rings. The third-order valence-corrected chi connectivity index (χ3v) is 7.90. The van der Waals surface area contributed by atoms with Crippen molar-refractivity contribution >= 4 is 16.1 Å². The Morgan fingerprint density at radius 2 is 1.90 bits per heavy atom. The van der Waals surface area contributed by atoms with Crippen molar-refractivity contribution < 1.29 is 27.8 Å². The highest BCUT2D eigenvalue weighted by Crippen LogP contribution is 2.35. The maximum atomic E-state index is 13.7. The van der Waals surface area contributed by atoms with Crippen LogP contribution in [0.15, 0.2) is 23.1 Å². The molecular weight excluding hydrogens is 396 g/mol. The molecule has 1 atom stereocenters. The van der Waals surface area contributed by atoms with Gasteiger partial charge in [0, 0.05) is 31.7 Å². The van der Waals surface area contributed by atoms with Crippen LogP contribution >= 0.6 is 0 Å². The van der Waals surface area contributed by atoms with Crippen molar-refractivity contribution in [1.82, 2.24) is 9.21 Å². The van der Waals surface area contributed by atoms with Crippen LogP contribution in [-0.2, 0) is 10.0 Å². The first-order valence-electron chi connectivity index (χ1n) is 10.1. The summed E-state index contributed by atoms with van der Waals surface area (Å²) in [5.41, 5.74) is 0. The van der Waals surface area contributed by atoms with Crippen molar-refractivity contribution in [2.75, 3.05) is 33.9 Å². The van der Waals surface area contributed by atoms with E-state index in [1.54, 1.807) is 12.1 Å². The number of amides is 1. The monoisotopic (exact) mass is 426 g/mol. The van der Waals surface area contributed by atoms with Crippen LogP contribution in [0, 0.1) is 5.92 Å². The van der Waals surface area contributed by atoms with Gasteiger partial charge in [0.25, 0.3) is 0 Å². The van der Waals surface area contributed by atoms with Gasteiger partial charge in [0.15, 0.2) is 0 Å². The summed E-state index contributed by atoms with van der Waals surface area (Å²) in [6.45, 7) is 0.931. The van der Waals surface area contributed by atoms with Crippen molar-refractivity contribution in [3.8, 4) is 11.5 Å². The minimum Gasteiger partial charge on any atom is -0.497 e. The standard InChI is InChI=1S/C20H30N2O6S/c1-27-17-8-9-18(28-2)19(12-17)29(25,26)22(13-15-6-4-3-5-7-15)16-10-11-21(14-16)20(23)24/h8-9,12,15-16H,3-7,10-11,13-14H2,1-2H3,(H,23,24)/t16-/m1/s1. The highest BCUT2D eigenvalue weighted by Gasteiger charge is 2.40. The van der Waals surface area contributed by atoms with Gasteiger partial charge in [-0.2, -0.15) is 4.31 Å². The summed E-state index contributed by atoms with van der Waals surface area (Å²) in [6, 6.07) is 4.34. The average Bonchev–Trinajstić information content (AvgIpc) is 3.22. The van der Waals surface area contributed by atoms with Gasteiger partial charge in [0.2, 0.25) is 10.0 Å². The van der Waals surface area contributed by atoms with E-state index in [-0.39, 0.29) is 29.1 Å². The molecule has 1 saturated carbocycles. The van der Waals surface area contributed by atoms with E-state index in [1.165, 1.54) is 35.9 Å². The predicted octanol–water partition coefficient (Wildman–Crippen LogP) is 3.03. The first-order valence-corrected chi connectivity index (χ1v) is 11.5. The third-order valence-electron chi connectivity index (χ3n) is 5.96. The fourth-order valence-electron chi connectivity index (χ4n) is 4.33. The molecule has 0 spiro atoms. The maximum Gasteiger partial charge on any atom is 0.407 e. The minimum absolute atomic E-state index is 0.0592. The van der Waals surface area contributed by atoms with E-state index in [2.05, 4.69) is 0 Å².